The molecule has 1 aromatic carbocycles. The highest BCUT2D eigenvalue weighted by atomic mass is 16.5. The van der Waals surface area contributed by atoms with Crippen molar-refractivity contribution in [3.8, 4) is 0 Å². The third kappa shape index (κ3) is 3.35. The van der Waals surface area contributed by atoms with E-state index in [1.807, 2.05) is 37.3 Å². The summed E-state index contributed by atoms with van der Waals surface area (Å²) in [5.74, 6) is -0.373. The van der Waals surface area contributed by atoms with E-state index >= 15 is 0 Å². The summed E-state index contributed by atoms with van der Waals surface area (Å²) >= 11 is 0. The van der Waals surface area contributed by atoms with Crippen LogP contribution in [0, 0.1) is 6.92 Å². The van der Waals surface area contributed by atoms with Gasteiger partial charge >= 0.3 is 5.97 Å². The molecule has 0 amide bonds. The molecule has 0 aliphatic carbocycles. The van der Waals surface area contributed by atoms with Crippen LogP contribution >= 0.6 is 0 Å². The van der Waals surface area contributed by atoms with E-state index in [9.17, 15) is 4.79 Å². The van der Waals surface area contributed by atoms with Crippen LogP contribution in [0.3, 0.4) is 0 Å². The number of benzene rings is 1. The van der Waals surface area contributed by atoms with Crippen molar-refractivity contribution < 1.29 is 9.53 Å². The Kier molecular flexibility index (Phi) is 4.70. The topological polar surface area (TPSA) is 64.1 Å². The molecule has 122 valence electrons. The first-order valence-electron chi connectivity index (χ1n) is 7.88. The molecule has 0 spiro atoms. The Morgan fingerprint density at radius 1 is 1.25 bits per heavy atom. The number of aromatic nitrogens is 2. The molecular formula is C19H19N3O2. The molecule has 0 saturated heterocycles. The number of nitrogens with zero attached hydrogens (tertiary/aromatic N) is 2. The van der Waals surface area contributed by atoms with Crippen LogP contribution in [0.5, 0.6) is 0 Å². The number of aryl methyl sites for hydroxylation is 1. The van der Waals surface area contributed by atoms with Crippen LogP contribution in [0.25, 0.3) is 10.9 Å². The molecule has 2 aromatic heterocycles. The van der Waals surface area contributed by atoms with Gasteiger partial charge in [0.05, 0.1) is 17.8 Å². The zero-order chi connectivity index (χ0) is 16.9. The van der Waals surface area contributed by atoms with Crippen molar-refractivity contribution in [2.24, 2.45) is 0 Å². The quantitative estimate of drug-likeness (QED) is 0.726. The standard InChI is InChI=1S/C19H19N3O2/c1-3-24-19(23)16-12-21-17-7-6-13(2)9-15(17)18(16)22-11-14-5-4-8-20-10-14/h4-10,12H,3,11H2,1-2H3,(H,21,22). The van der Waals surface area contributed by atoms with Gasteiger partial charge in [0, 0.05) is 30.5 Å². The molecule has 3 rings (SSSR count). The maximum atomic E-state index is 12.3. The first kappa shape index (κ1) is 15.9. The maximum Gasteiger partial charge on any atom is 0.341 e. The highest BCUT2D eigenvalue weighted by Crippen LogP contribution is 2.28. The fraction of sp³-hybridized carbons (Fsp3) is 0.211. The van der Waals surface area contributed by atoms with Crippen LogP contribution in [0.4, 0.5) is 5.69 Å². The van der Waals surface area contributed by atoms with E-state index in [0.717, 1.165) is 27.7 Å². The number of esters is 1. The predicted octanol–water partition coefficient (Wildman–Crippen LogP) is 3.73. The summed E-state index contributed by atoms with van der Waals surface area (Å²) in [7, 11) is 0. The van der Waals surface area contributed by atoms with Crippen molar-refractivity contribution >= 4 is 22.6 Å². The van der Waals surface area contributed by atoms with E-state index in [2.05, 4.69) is 15.3 Å². The normalized spacial score (nSPS) is 10.6. The minimum atomic E-state index is -0.373. The Morgan fingerprint density at radius 3 is 2.88 bits per heavy atom. The smallest absolute Gasteiger partial charge is 0.341 e. The minimum Gasteiger partial charge on any atom is -0.462 e. The number of fused-ring (bicyclic) bond motifs is 1. The molecule has 0 radical (unpaired) electrons. The summed E-state index contributed by atoms with van der Waals surface area (Å²) in [6, 6.07) is 9.85. The van der Waals surface area contributed by atoms with Crippen molar-refractivity contribution in [3.05, 3.63) is 65.6 Å². The van der Waals surface area contributed by atoms with Gasteiger partial charge in [0.25, 0.3) is 0 Å². The molecule has 0 fully saturated rings. The third-order valence-electron chi connectivity index (χ3n) is 3.71. The molecule has 1 N–H and O–H groups in total. The van der Waals surface area contributed by atoms with Gasteiger partial charge in [0.1, 0.15) is 5.56 Å². The van der Waals surface area contributed by atoms with Gasteiger partial charge in [-0.05, 0) is 37.6 Å². The van der Waals surface area contributed by atoms with Crippen molar-refractivity contribution in [2.75, 3.05) is 11.9 Å². The average Bonchev–Trinajstić information content (AvgIpc) is 2.60. The molecule has 0 bridgehead atoms. The summed E-state index contributed by atoms with van der Waals surface area (Å²) in [6.45, 7) is 4.70. The number of anilines is 1. The number of carbonyl (C=O) groups is 1. The number of ether oxygens (including phenoxy) is 1. The first-order valence-corrected chi connectivity index (χ1v) is 7.88. The molecule has 0 atom stereocenters. The van der Waals surface area contributed by atoms with Crippen LogP contribution in [0.15, 0.2) is 48.9 Å². The van der Waals surface area contributed by atoms with Gasteiger partial charge in [-0.3, -0.25) is 9.97 Å². The zero-order valence-corrected chi connectivity index (χ0v) is 13.7. The van der Waals surface area contributed by atoms with E-state index in [1.165, 1.54) is 0 Å². The second-order valence-electron chi connectivity index (χ2n) is 5.50. The van der Waals surface area contributed by atoms with E-state index in [1.54, 1.807) is 25.5 Å². The van der Waals surface area contributed by atoms with Crippen molar-refractivity contribution in [3.63, 3.8) is 0 Å². The third-order valence-corrected chi connectivity index (χ3v) is 3.71. The number of hydrogen-bond acceptors (Lipinski definition) is 5. The van der Waals surface area contributed by atoms with E-state index in [4.69, 9.17) is 4.74 Å². The number of carbonyl (C=O) groups excluding carboxylic acids is 1. The van der Waals surface area contributed by atoms with Gasteiger partial charge in [-0.2, -0.15) is 0 Å². The Morgan fingerprint density at radius 2 is 2.12 bits per heavy atom. The molecule has 0 unspecified atom stereocenters. The van der Waals surface area contributed by atoms with Gasteiger partial charge < -0.3 is 10.1 Å². The predicted molar refractivity (Wildman–Crippen MR) is 94.0 cm³/mol. The van der Waals surface area contributed by atoms with Gasteiger partial charge in [-0.15, -0.1) is 0 Å². The Bertz CT molecular complexity index is 863. The molecule has 5 heteroatoms. The van der Waals surface area contributed by atoms with Gasteiger partial charge in [0.2, 0.25) is 0 Å². The lowest BCUT2D eigenvalue weighted by Crippen LogP contribution is -2.11. The van der Waals surface area contributed by atoms with E-state index in [0.29, 0.717) is 18.7 Å². The van der Waals surface area contributed by atoms with Crippen LogP contribution in [0.2, 0.25) is 0 Å². The summed E-state index contributed by atoms with van der Waals surface area (Å²) in [6.07, 6.45) is 5.10. The van der Waals surface area contributed by atoms with Crippen LogP contribution < -0.4 is 5.32 Å². The number of hydrogen-bond donors (Lipinski definition) is 1. The van der Waals surface area contributed by atoms with E-state index < -0.39 is 0 Å². The number of rotatable bonds is 5. The Balaban J connectivity index is 2.04. The molecule has 24 heavy (non-hydrogen) atoms. The summed E-state index contributed by atoms with van der Waals surface area (Å²) in [5.41, 5.74) is 4.16. The summed E-state index contributed by atoms with van der Waals surface area (Å²) < 4.78 is 5.17. The number of nitrogens with one attached hydrogen (secondary N) is 1. The fourth-order valence-electron chi connectivity index (χ4n) is 2.55. The second kappa shape index (κ2) is 7.08. The van der Waals surface area contributed by atoms with Crippen molar-refractivity contribution in [1.29, 1.82) is 0 Å². The lowest BCUT2D eigenvalue weighted by atomic mass is 10.1. The largest absolute Gasteiger partial charge is 0.462 e. The van der Waals surface area contributed by atoms with Gasteiger partial charge in [0.15, 0.2) is 0 Å². The maximum absolute atomic E-state index is 12.3. The average molecular weight is 321 g/mol. The van der Waals surface area contributed by atoms with Crippen LogP contribution in [0.1, 0.15) is 28.4 Å². The Hall–Kier alpha value is -2.95. The van der Waals surface area contributed by atoms with Crippen LogP contribution in [-0.4, -0.2) is 22.5 Å². The van der Waals surface area contributed by atoms with E-state index in [-0.39, 0.29) is 5.97 Å². The molecule has 5 nitrogen and oxygen atoms in total. The highest BCUT2D eigenvalue weighted by molar-refractivity contribution is 6.05. The molecule has 0 aliphatic heterocycles. The lowest BCUT2D eigenvalue weighted by molar-refractivity contribution is 0.0527. The highest BCUT2D eigenvalue weighted by Gasteiger charge is 2.16. The van der Waals surface area contributed by atoms with Crippen molar-refractivity contribution in [1.82, 2.24) is 9.97 Å². The summed E-state index contributed by atoms with van der Waals surface area (Å²) in [5, 5.41) is 4.27. The monoisotopic (exact) mass is 321 g/mol. The van der Waals surface area contributed by atoms with Crippen molar-refractivity contribution in [2.45, 2.75) is 20.4 Å². The molecule has 3 aromatic rings. The minimum absolute atomic E-state index is 0.326. The number of pyridine rings is 2. The zero-order valence-electron chi connectivity index (χ0n) is 13.7. The second-order valence-corrected chi connectivity index (χ2v) is 5.50. The van der Waals surface area contributed by atoms with Crippen LogP contribution in [-0.2, 0) is 11.3 Å². The Labute approximate surface area is 140 Å². The lowest BCUT2D eigenvalue weighted by Gasteiger charge is -2.14. The SMILES string of the molecule is CCOC(=O)c1cnc2ccc(C)cc2c1NCc1cccnc1. The van der Waals surface area contributed by atoms with Gasteiger partial charge in [-0.1, -0.05) is 17.7 Å². The fourth-order valence-corrected chi connectivity index (χ4v) is 2.55. The molecule has 0 aliphatic rings. The summed E-state index contributed by atoms with van der Waals surface area (Å²) in [4.78, 5) is 20.8. The molecule has 0 saturated carbocycles. The molecular weight excluding hydrogens is 302 g/mol. The first-order chi connectivity index (χ1) is 11.7. The molecule has 2 heterocycles. The van der Waals surface area contributed by atoms with Gasteiger partial charge in [-0.25, -0.2) is 4.79 Å².